The number of carbonyl (C=O) groups is 1. The molecule has 0 fully saturated rings. The van der Waals surface area contributed by atoms with Crippen LogP contribution in [0, 0.1) is 0 Å². The third-order valence-corrected chi connectivity index (χ3v) is 1.17. The van der Waals surface area contributed by atoms with E-state index in [-0.39, 0.29) is 0 Å². The van der Waals surface area contributed by atoms with E-state index in [0.717, 1.165) is 6.26 Å². The summed E-state index contributed by atoms with van der Waals surface area (Å²) < 4.78 is 24.6. The Labute approximate surface area is 53.9 Å². The molecule has 0 aliphatic heterocycles. The molecule has 0 radical (unpaired) electrons. The second kappa shape index (κ2) is 2.93. The van der Waals surface area contributed by atoms with Crippen molar-refractivity contribution in [2.75, 3.05) is 6.26 Å². The van der Waals surface area contributed by atoms with Gasteiger partial charge in [-0.15, -0.1) is 0 Å². The molecule has 0 saturated carbocycles. The van der Waals surface area contributed by atoms with E-state index in [1.54, 1.807) is 0 Å². The van der Waals surface area contributed by atoms with E-state index in [2.05, 4.69) is 4.18 Å². The molecule has 0 N–H and O–H groups in total. The normalized spacial score (nSPS) is 14.9. The molecule has 4 nitrogen and oxygen atoms in total. The minimum absolute atomic E-state index is 0.418. The Hall–Kier alpha value is -0.420. The van der Waals surface area contributed by atoms with Gasteiger partial charge >= 0.3 is 0 Å². The van der Waals surface area contributed by atoms with Crippen molar-refractivity contribution in [3.63, 3.8) is 0 Å². The molecular formula is C4H8O4S. The Bertz CT molecular complexity index is 181. The molecule has 54 valence electrons. The molecule has 0 bridgehead atoms. The van der Waals surface area contributed by atoms with Crippen LogP contribution in [0.1, 0.15) is 6.92 Å². The number of rotatable bonds is 3. The van der Waals surface area contributed by atoms with Crippen molar-refractivity contribution < 1.29 is 17.4 Å². The summed E-state index contributed by atoms with van der Waals surface area (Å²) in [7, 11) is -3.47. The zero-order chi connectivity index (χ0) is 7.49. The lowest BCUT2D eigenvalue weighted by molar-refractivity contribution is -0.112. The summed E-state index contributed by atoms with van der Waals surface area (Å²) in [6, 6.07) is 0. The van der Waals surface area contributed by atoms with E-state index in [1.165, 1.54) is 6.92 Å². The fraction of sp³-hybridized carbons (Fsp3) is 0.750. The van der Waals surface area contributed by atoms with Gasteiger partial charge in [-0.25, -0.2) is 0 Å². The SMILES string of the molecule is CC(C=O)OS(C)(=O)=O. The summed E-state index contributed by atoms with van der Waals surface area (Å²) in [6.07, 6.45) is 0.439. The molecule has 1 unspecified atom stereocenters. The van der Waals surface area contributed by atoms with E-state index in [4.69, 9.17) is 0 Å². The maximum Gasteiger partial charge on any atom is 0.265 e. The lowest BCUT2D eigenvalue weighted by Gasteiger charge is -2.00. The highest BCUT2D eigenvalue weighted by atomic mass is 32.2. The van der Waals surface area contributed by atoms with Crippen molar-refractivity contribution in [2.24, 2.45) is 0 Å². The van der Waals surface area contributed by atoms with Gasteiger partial charge in [0.1, 0.15) is 12.4 Å². The van der Waals surface area contributed by atoms with Gasteiger partial charge < -0.3 is 4.79 Å². The zero-order valence-corrected chi connectivity index (χ0v) is 6.01. The van der Waals surface area contributed by atoms with Crippen LogP contribution in [0.4, 0.5) is 0 Å². The molecule has 0 aromatic rings. The molecule has 5 heteroatoms. The van der Waals surface area contributed by atoms with Crippen molar-refractivity contribution in [3.05, 3.63) is 0 Å². The summed E-state index contributed by atoms with van der Waals surface area (Å²) in [5.74, 6) is 0. The van der Waals surface area contributed by atoms with Crippen LogP contribution in [-0.2, 0) is 19.1 Å². The maximum atomic E-state index is 10.2. The van der Waals surface area contributed by atoms with Crippen LogP contribution in [0.15, 0.2) is 0 Å². The van der Waals surface area contributed by atoms with Crippen LogP contribution < -0.4 is 0 Å². The Morgan fingerprint density at radius 3 is 2.11 bits per heavy atom. The lowest BCUT2D eigenvalue weighted by Crippen LogP contribution is -2.14. The number of hydrogen-bond donors (Lipinski definition) is 0. The highest BCUT2D eigenvalue weighted by molar-refractivity contribution is 7.86. The highest BCUT2D eigenvalue weighted by Gasteiger charge is 2.07. The summed E-state index contributed by atoms with van der Waals surface area (Å²) in [4.78, 5) is 9.79. The first kappa shape index (κ1) is 8.58. The van der Waals surface area contributed by atoms with Gasteiger partial charge in [0.05, 0.1) is 6.26 Å². The first-order valence-electron chi connectivity index (χ1n) is 2.29. The smallest absolute Gasteiger partial charge is 0.265 e. The topological polar surface area (TPSA) is 60.4 Å². The van der Waals surface area contributed by atoms with Crippen LogP contribution in [0.2, 0.25) is 0 Å². The predicted octanol–water partition coefficient (Wildman–Crippen LogP) is -0.450. The number of hydrogen-bond acceptors (Lipinski definition) is 4. The molecule has 0 spiro atoms. The van der Waals surface area contributed by atoms with Gasteiger partial charge in [-0.3, -0.25) is 4.18 Å². The van der Waals surface area contributed by atoms with Crippen LogP contribution >= 0.6 is 0 Å². The first-order chi connectivity index (χ1) is 3.95. The van der Waals surface area contributed by atoms with Crippen LogP contribution in [0.5, 0.6) is 0 Å². The molecule has 9 heavy (non-hydrogen) atoms. The second-order valence-electron chi connectivity index (χ2n) is 1.64. The van der Waals surface area contributed by atoms with Gasteiger partial charge in [-0.2, -0.15) is 8.42 Å². The number of carbonyl (C=O) groups excluding carboxylic acids is 1. The molecule has 0 heterocycles. The van der Waals surface area contributed by atoms with E-state index in [1.807, 2.05) is 0 Å². The quantitative estimate of drug-likeness (QED) is 0.406. The van der Waals surface area contributed by atoms with Gasteiger partial charge in [0.2, 0.25) is 0 Å². The molecule has 0 aliphatic carbocycles. The first-order valence-corrected chi connectivity index (χ1v) is 4.11. The van der Waals surface area contributed by atoms with Crippen molar-refractivity contribution in [2.45, 2.75) is 13.0 Å². The third kappa shape index (κ3) is 5.45. The lowest BCUT2D eigenvalue weighted by atomic mass is 10.5. The van der Waals surface area contributed by atoms with E-state index < -0.39 is 16.2 Å². The van der Waals surface area contributed by atoms with Crippen molar-refractivity contribution in [3.8, 4) is 0 Å². The Balaban J connectivity index is 3.89. The Morgan fingerprint density at radius 1 is 1.56 bits per heavy atom. The molecular weight excluding hydrogens is 144 g/mol. The highest BCUT2D eigenvalue weighted by Crippen LogP contribution is 1.91. The van der Waals surface area contributed by atoms with Crippen molar-refractivity contribution in [1.82, 2.24) is 0 Å². The molecule has 0 amide bonds. The van der Waals surface area contributed by atoms with Crippen LogP contribution in [0.25, 0.3) is 0 Å². The van der Waals surface area contributed by atoms with Crippen LogP contribution in [0.3, 0.4) is 0 Å². The summed E-state index contributed by atoms with van der Waals surface area (Å²) >= 11 is 0. The maximum absolute atomic E-state index is 10.2. The minimum atomic E-state index is -3.47. The van der Waals surface area contributed by atoms with Crippen molar-refractivity contribution >= 4 is 16.4 Å². The standard InChI is InChI=1S/C4H8O4S/c1-4(3-5)8-9(2,6)7/h3-4H,1-2H3. The molecule has 0 aliphatic rings. The largest absolute Gasteiger partial charge is 0.300 e. The Kier molecular flexibility index (Phi) is 2.80. The van der Waals surface area contributed by atoms with E-state index >= 15 is 0 Å². The average Bonchev–Trinajstić information content (AvgIpc) is 1.62. The third-order valence-electron chi connectivity index (χ3n) is 0.518. The van der Waals surface area contributed by atoms with Gasteiger partial charge in [-0.05, 0) is 6.92 Å². The summed E-state index contributed by atoms with van der Waals surface area (Å²) in [6.45, 7) is 1.36. The zero-order valence-electron chi connectivity index (χ0n) is 5.20. The second-order valence-corrected chi connectivity index (χ2v) is 3.24. The van der Waals surface area contributed by atoms with E-state index in [0.29, 0.717) is 6.29 Å². The van der Waals surface area contributed by atoms with Crippen molar-refractivity contribution in [1.29, 1.82) is 0 Å². The van der Waals surface area contributed by atoms with Gasteiger partial charge in [-0.1, -0.05) is 0 Å². The van der Waals surface area contributed by atoms with E-state index in [9.17, 15) is 13.2 Å². The number of aldehydes is 1. The molecule has 1 atom stereocenters. The average molecular weight is 152 g/mol. The molecule has 0 aromatic carbocycles. The summed E-state index contributed by atoms with van der Waals surface area (Å²) in [5, 5.41) is 0. The fourth-order valence-electron chi connectivity index (χ4n) is 0.298. The molecule has 0 saturated heterocycles. The van der Waals surface area contributed by atoms with Gasteiger partial charge in [0.25, 0.3) is 10.1 Å². The summed E-state index contributed by atoms with van der Waals surface area (Å²) in [5.41, 5.74) is 0. The predicted molar refractivity (Wildman–Crippen MR) is 31.5 cm³/mol. The van der Waals surface area contributed by atoms with Crippen LogP contribution in [-0.4, -0.2) is 27.1 Å². The van der Waals surface area contributed by atoms with Gasteiger partial charge in [0.15, 0.2) is 0 Å². The Morgan fingerprint density at radius 2 is 2.00 bits per heavy atom. The monoisotopic (exact) mass is 152 g/mol. The fourth-order valence-corrected chi connectivity index (χ4v) is 0.895. The molecule has 0 rings (SSSR count). The molecule has 0 aromatic heterocycles. The minimum Gasteiger partial charge on any atom is -0.300 e. The van der Waals surface area contributed by atoms with Gasteiger partial charge in [0, 0.05) is 0 Å².